The molecule has 2 aromatic rings. The highest BCUT2D eigenvalue weighted by molar-refractivity contribution is 5.77. The number of amides is 1. The number of fused-ring (bicyclic) bond motifs is 1. The second-order valence-corrected chi connectivity index (χ2v) is 5.88. The van der Waals surface area contributed by atoms with Gasteiger partial charge in [0.2, 0.25) is 5.91 Å². The molecule has 0 aliphatic carbocycles. The Labute approximate surface area is 135 Å². The van der Waals surface area contributed by atoms with Crippen molar-refractivity contribution in [2.45, 2.75) is 19.1 Å². The molecule has 2 aromatic heterocycles. The van der Waals surface area contributed by atoms with Crippen molar-refractivity contribution in [1.82, 2.24) is 29.5 Å². The summed E-state index contributed by atoms with van der Waals surface area (Å²) in [6, 6.07) is 0.165. The van der Waals surface area contributed by atoms with Gasteiger partial charge < -0.3 is 14.6 Å². The highest BCUT2D eigenvalue weighted by atomic mass is 16.5. The first-order chi connectivity index (χ1) is 11.2. The molecule has 3 heterocycles. The van der Waals surface area contributed by atoms with Gasteiger partial charge in [-0.1, -0.05) is 0 Å². The summed E-state index contributed by atoms with van der Waals surface area (Å²) in [4.78, 5) is 18.2. The van der Waals surface area contributed by atoms with Crippen LogP contribution < -0.4 is 5.32 Å². The van der Waals surface area contributed by atoms with E-state index in [1.54, 1.807) is 0 Å². The molecule has 3 rings (SSSR count). The zero-order valence-electron chi connectivity index (χ0n) is 13.5. The van der Waals surface area contributed by atoms with E-state index in [1.165, 1.54) is 12.7 Å². The minimum atomic E-state index is -0.0986. The maximum Gasteiger partial charge on any atom is 0.246 e. The number of nitrogens with one attached hydrogen (secondary N) is 1. The first kappa shape index (κ1) is 15.7. The van der Waals surface area contributed by atoms with E-state index in [9.17, 15) is 4.79 Å². The van der Waals surface area contributed by atoms with Gasteiger partial charge in [-0.15, -0.1) is 0 Å². The molecule has 1 unspecified atom stereocenters. The van der Waals surface area contributed by atoms with Gasteiger partial charge in [0, 0.05) is 58.3 Å². The Bertz CT molecular complexity index is 664. The predicted octanol–water partition coefficient (Wildman–Crippen LogP) is -0.0639. The molecule has 1 aliphatic rings. The number of carbonyl (C=O) groups excluding carboxylic acids is 1. The van der Waals surface area contributed by atoms with E-state index in [0.717, 1.165) is 25.3 Å². The van der Waals surface area contributed by atoms with Crippen LogP contribution in [0.1, 0.15) is 17.3 Å². The molecule has 124 valence electrons. The zero-order valence-corrected chi connectivity index (χ0v) is 13.5. The number of methoxy groups -OCH3 is 1. The van der Waals surface area contributed by atoms with Crippen LogP contribution in [0, 0.1) is 0 Å². The molecule has 8 nitrogen and oxygen atoms in total. The van der Waals surface area contributed by atoms with E-state index in [-0.39, 0.29) is 18.6 Å². The lowest BCUT2D eigenvalue weighted by Crippen LogP contribution is -2.42. The maximum absolute atomic E-state index is 11.6. The predicted molar refractivity (Wildman–Crippen MR) is 83.5 cm³/mol. The van der Waals surface area contributed by atoms with E-state index < -0.39 is 0 Å². The van der Waals surface area contributed by atoms with Gasteiger partial charge >= 0.3 is 0 Å². The first-order valence-electron chi connectivity index (χ1n) is 7.62. The maximum atomic E-state index is 11.6. The topological polar surface area (TPSA) is 77.2 Å². The van der Waals surface area contributed by atoms with E-state index in [2.05, 4.69) is 24.9 Å². The lowest BCUT2D eigenvalue weighted by molar-refractivity contribution is -0.124. The minimum Gasteiger partial charge on any atom is -0.375 e. The van der Waals surface area contributed by atoms with Gasteiger partial charge in [-0.2, -0.15) is 5.10 Å². The molecular weight excluding hydrogens is 296 g/mol. The van der Waals surface area contributed by atoms with Crippen molar-refractivity contribution in [1.29, 1.82) is 0 Å². The summed E-state index contributed by atoms with van der Waals surface area (Å²) in [6.07, 6.45) is 7.64. The van der Waals surface area contributed by atoms with E-state index in [1.807, 2.05) is 36.6 Å². The molecule has 0 bridgehead atoms. The normalized spacial score (nSPS) is 17.9. The fourth-order valence-corrected chi connectivity index (χ4v) is 2.97. The molecule has 0 spiro atoms. The van der Waals surface area contributed by atoms with Crippen molar-refractivity contribution in [2.75, 3.05) is 26.8 Å². The highest BCUT2D eigenvalue weighted by Gasteiger charge is 2.25. The molecule has 0 aromatic carbocycles. The number of rotatable bonds is 6. The Hall–Kier alpha value is -2.19. The Kier molecular flexibility index (Phi) is 4.73. The van der Waals surface area contributed by atoms with Crippen LogP contribution in [0.15, 0.2) is 24.9 Å². The minimum absolute atomic E-state index is 0.0862. The quantitative estimate of drug-likeness (QED) is 0.807. The highest BCUT2D eigenvalue weighted by Crippen LogP contribution is 2.21. The van der Waals surface area contributed by atoms with Gasteiger partial charge in [0.25, 0.3) is 0 Å². The van der Waals surface area contributed by atoms with Crippen LogP contribution in [0.25, 0.3) is 0 Å². The molecule has 23 heavy (non-hydrogen) atoms. The Morgan fingerprint density at radius 2 is 2.35 bits per heavy atom. The van der Waals surface area contributed by atoms with Crippen molar-refractivity contribution in [2.24, 2.45) is 7.05 Å². The second kappa shape index (κ2) is 6.93. The van der Waals surface area contributed by atoms with Crippen LogP contribution >= 0.6 is 0 Å². The van der Waals surface area contributed by atoms with Crippen molar-refractivity contribution in [3.05, 3.63) is 36.2 Å². The average molecular weight is 318 g/mol. The summed E-state index contributed by atoms with van der Waals surface area (Å²) >= 11 is 0. The second-order valence-electron chi connectivity index (χ2n) is 5.88. The Morgan fingerprint density at radius 1 is 1.48 bits per heavy atom. The number of aryl methyl sites for hydroxylation is 1. The molecule has 0 saturated carbocycles. The number of hydrogen-bond donors (Lipinski definition) is 1. The molecule has 1 N–H and O–H groups in total. The van der Waals surface area contributed by atoms with Gasteiger partial charge in [-0.25, -0.2) is 4.98 Å². The van der Waals surface area contributed by atoms with Crippen molar-refractivity contribution >= 4 is 5.91 Å². The van der Waals surface area contributed by atoms with E-state index >= 15 is 0 Å². The van der Waals surface area contributed by atoms with Crippen LogP contribution in [0.4, 0.5) is 0 Å². The van der Waals surface area contributed by atoms with Gasteiger partial charge in [-0.3, -0.25) is 14.4 Å². The van der Waals surface area contributed by atoms with Gasteiger partial charge in [0.05, 0.1) is 24.3 Å². The molecule has 1 atom stereocenters. The van der Waals surface area contributed by atoms with Crippen molar-refractivity contribution in [3.63, 3.8) is 0 Å². The number of aromatic nitrogens is 4. The van der Waals surface area contributed by atoms with Crippen molar-refractivity contribution < 1.29 is 9.53 Å². The third-order valence-electron chi connectivity index (χ3n) is 3.97. The largest absolute Gasteiger partial charge is 0.375 e. The van der Waals surface area contributed by atoms with E-state index in [0.29, 0.717) is 6.54 Å². The van der Waals surface area contributed by atoms with Crippen LogP contribution in [0.5, 0.6) is 0 Å². The standard InChI is InChI=1S/C15H22N6O2/c1-19-6-12(3-18-19)7-20-8-13-4-16-11-21(13)14(9-20)5-17-15(22)10-23-2/h3-4,6,11,14H,5,7-10H2,1-2H3,(H,17,22). The summed E-state index contributed by atoms with van der Waals surface area (Å²) in [5.41, 5.74) is 2.34. The average Bonchev–Trinajstić information content (AvgIpc) is 3.14. The summed E-state index contributed by atoms with van der Waals surface area (Å²) in [6.45, 7) is 3.18. The molecule has 1 aliphatic heterocycles. The summed E-state index contributed by atoms with van der Waals surface area (Å²) < 4.78 is 8.81. The summed E-state index contributed by atoms with van der Waals surface area (Å²) in [7, 11) is 3.44. The van der Waals surface area contributed by atoms with E-state index in [4.69, 9.17) is 4.74 Å². The number of imidazole rings is 1. The van der Waals surface area contributed by atoms with Crippen LogP contribution in [0.2, 0.25) is 0 Å². The fourth-order valence-electron chi connectivity index (χ4n) is 2.97. The number of ether oxygens (including phenoxy) is 1. The molecular formula is C15H22N6O2. The van der Waals surface area contributed by atoms with Crippen LogP contribution in [0.3, 0.4) is 0 Å². The Balaban J connectivity index is 1.66. The van der Waals surface area contributed by atoms with Crippen molar-refractivity contribution in [3.8, 4) is 0 Å². The SMILES string of the molecule is COCC(=O)NCC1CN(Cc2cnn(C)c2)Cc2cncn21. The molecule has 8 heteroatoms. The van der Waals surface area contributed by atoms with Gasteiger partial charge in [0.1, 0.15) is 6.61 Å². The zero-order chi connectivity index (χ0) is 16.2. The lowest BCUT2D eigenvalue weighted by Gasteiger charge is -2.34. The monoisotopic (exact) mass is 318 g/mol. The fraction of sp³-hybridized carbons (Fsp3) is 0.533. The number of nitrogens with zero attached hydrogens (tertiary/aromatic N) is 5. The third kappa shape index (κ3) is 3.77. The first-order valence-corrected chi connectivity index (χ1v) is 7.62. The summed E-state index contributed by atoms with van der Waals surface area (Å²) in [5, 5.41) is 7.13. The molecule has 0 fully saturated rings. The smallest absolute Gasteiger partial charge is 0.246 e. The lowest BCUT2D eigenvalue weighted by atomic mass is 10.1. The molecule has 1 amide bonds. The van der Waals surface area contributed by atoms with Crippen LogP contribution in [-0.2, 0) is 29.7 Å². The summed E-state index contributed by atoms with van der Waals surface area (Å²) in [5.74, 6) is -0.0986. The van der Waals surface area contributed by atoms with Gasteiger partial charge in [-0.05, 0) is 0 Å². The van der Waals surface area contributed by atoms with Crippen LogP contribution in [-0.4, -0.2) is 56.9 Å². The third-order valence-corrected chi connectivity index (χ3v) is 3.97. The number of hydrogen-bond acceptors (Lipinski definition) is 5. The van der Waals surface area contributed by atoms with Gasteiger partial charge in [0.15, 0.2) is 0 Å². The number of carbonyl (C=O) groups is 1. The molecule has 0 saturated heterocycles. The Morgan fingerprint density at radius 3 is 3.09 bits per heavy atom. The molecule has 0 radical (unpaired) electrons.